The van der Waals surface area contributed by atoms with Gasteiger partial charge in [-0.1, -0.05) is 61.9 Å². The SMILES string of the molecule is CCCC(NC(=O)C(NC(=O)OCC1c2ccccc2-c2ccccc21)c1cnn(C)c1)C(=O)O. The minimum Gasteiger partial charge on any atom is -0.480 e. The Morgan fingerprint density at radius 3 is 2.23 bits per heavy atom. The van der Waals surface area contributed by atoms with E-state index in [0.29, 0.717) is 12.0 Å². The molecular weight excluding hydrogens is 448 g/mol. The Kier molecular flexibility index (Phi) is 7.14. The molecule has 0 saturated carbocycles. The maximum absolute atomic E-state index is 13.0. The molecule has 0 fully saturated rings. The Hall–Kier alpha value is -4.14. The number of aryl methyl sites for hydroxylation is 1. The van der Waals surface area contributed by atoms with Crippen LogP contribution in [0.1, 0.15) is 48.4 Å². The van der Waals surface area contributed by atoms with Gasteiger partial charge in [0.1, 0.15) is 18.7 Å². The van der Waals surface area contributed by atoms with Crippen molar-refractivity contribution < 1.29 is 24.2 Å². The second-order valence-corrected chi connectivity index (χ2v) is 8.54. The minimum absolute atomic E-state index is 0.0921. The van der Waals surface area contributed by atoms with Crippen LogP contribution in [0.15, 0.2) is 60.9 Å². The molecule has 0 spiro atoms. The molecule has 1 aliphatic carbocycles. The molecule has 1 aliphatic rings. The third-order valence-corrected chi connectivity index (χ3v) is 6.12. The van der Waals surface area contributed by atoms with E-state index >= 15 is 0 Å². The first kappa shape index (κ1) is 24.0. The monoisotopic (exact) mass is 476 g/mol. The predicted octanol–water partition coefficient (Wildman–Crippen LogP) is 3.37. The summed E-state index contributed by atoms with van der Waals surface area (Å²) in [7, 11) is 1.68. The van der Waals surface area contributed by atoms with Crippen LogP contribution in [-0.4, -0.2) is 45.5 Å². The number of carboxylic acid groups (broad SMARTS) is 1. The van der Waals surface area contributed by atoms with Crippen molar-refractivity contribution in [2.75, 3.05) is 6.61 Å². The molecule has 182 valence electrons. The number of benzene rings is 2. The zero-order chi connectivity index (χ0) is 24.9. The van der Waals surface area contributed by atoms with Gasteiger partial charge in [0.25, 0.3) is 0 Å². The fraction of sp³-hybridized carbons (Fsp3) is 0.308. The number of carboxylic acids is 1. The number of fused-ring (bicyclic) bond motifs is 3. The van der Waals surface area contributed by atoms with E-state index in [4.69, 9.17) is 4.74 Å². The molecule has 9 nitrogen and oxygen atoms in total. The summed E-state index contributed by atoms with van der Waals surface area (Å²) in [6.45, 7) is 1.92. The van der Waals surface area contributed by atoms with Gasteiger partial charge in [-0.15, -0.1) is 0 Å². The quantitative estimate of drug-likeness (QED) is 0.435. The Labute approximate surface area is 203 Å². The largest absolute Gasteiger partial charge is 0.480 e. The number of nitrogens with zero attached hydrogens (tertiary/aromatic N) is 2. The van der Waals surface area contributed by atoms with Crippen molar-refractivity contribution in [1.82, 2.24) is 20.4 Å². The fourth-order valence-electron chi connectivity index (χ4n) is 4.45. The summed E-state index contributed by atoms with van der Waals surface area (Å²) >= 11 is 0. The van der Waals surface area contributed by atoms with E-state index in [2.05, 4.69) is 15.7 Å². The lowest BCUT2D eigenvalue weighted by atomic mass is 9.98. The van der Waals surface area contributed by atoms with Gasteiger partial charge in [0, 0.05) is 24.7 Å². The first-order valence-corrected chi connectivity index (χ1v) is 11.5. The summed E-state index contributed by atoms with van der Waals surface area (Å²) in [5.41, 5.74) is 4.79. The molecule has 0 aliphatic heterocycles. The van der Waals surface area contributed by atoms with Crippen LogP contribution in [0.25, 0.3) is 11.1 Å². The van der Waals surface area contributed by atoms with Crippen LogP contribution >= 0.6 is 0 Å². The van der Waals surface area contributed by atoms with Gasteiger partial charge in [-0.25, -0.2) is 9.59 Å². The van der Waals surface area contributed by atoms with E-state index in [1.54, 1.807) is 13.2 Å². The molecule has 2 aromatic carbocycles. The van der Waals surface area contributed by atoms with Crippen LogP contribution < -0.4 is 10.6 Å². The first-order valence-electron chi connectivity index (χ1n) is 11.5. The normalized spacial score (nSPS) is 13.9. The smallest absolute Gasteiger partial charge is 0.408 e. The number of rotatable bonds is 9. The van der Waals surface area contributed by atoms with Crippen molar-refractivity contribution in [2.24, 2.45) is 7.05 Å². The summed E-state index contributed by atoms with van der Waals surface area (Å²) < 4.78 is 7.07. The van der Waals surface area contributed by atoms with Crippen molar-refractivity contribution in [1.29, 1.82) is 0 Å². The van der Waals surface area contributed by atoms with Gasteiger partial charge in [-0.05, 0) is 28.7 Å². The number of ether oxygens (including phenoxy) is 1. The Morgan fingerprint density at radius 2 is 1.69 bits per heavy atom. The molecular formula is C26H28N4O5. The standard InChI is InChI=1S/C26H28N4O5/c1-3-8-22(25(32)33)28-24(31)23(16-13-27-30(2)14-16)29-26(34)35-15-21-19-11-6-4-9-17(19)18-10-5-7-12-20(18)21/h4-7,9-14,21-23H,3,8,15H2,1-2H3,(H,28,31)(H,29,34)(H,32,33). The number of alkyl carbamates (subject to hydrolysis) is 1. The number of carbonyl (C=O) groups excluding carboxylic acids is 2. The van der Waals surface area contributed by atoms with E-state index in [0.717, 1.165) is 22.3 Å². The Morgan fingerprint density at radius 1 is 1.06 bits per heavy atom. The Bertz CT molecular complexity index is 1190. The number of aromatic nitrogens is 2. The van der Waals surface area contributed by atoms with Crippen LogP contribution in [0.3, 0.4) is 0 Å². The highest BCUT2D eigenvalue weighted by atomic mass is 16.5. The highest BCUT2D eigenvalue weighted by Gasteiger charge is 2.31. The van der Waals surface area contributed by atoms with Gasteiger partial charge in [0.15, 0.2) is 0 Å². The summed E-state index contributed by atoms with van der Waals surface area (Å²) in [6, 6.07) is 13.8. The van der Waals surface area contributed by atoms with Crippen molar-refractivity contribution in [3.63, 3.8) is 0 Å². The number of carbonyl (C=O) groups is 3. The number of aliphatic carboxylic acids is 1. The second kappa shape index (κ2) is 10.4. The van der Waals surface area contributed by atoms with Crippen LogP contribution in [0.4, 0.5) is 4.79 Å². The molecule has 2 unspecified atom stereocenters. The highest BCUT2D eigenvalue weighted by molar-refractivity contribution is 5.90. The first-order chi connectivity index (χ1) is 16.9. The number of nitrogens with one attached hydrogen (secondary N) is 2. The zero-order valence-electron chi connectivity index (χ0n) is 19.6. The summed E-state index contributed by atoms with van der Waals surface area (Å²) in [6.07, 6.45) is 3.10. The van der Waals surface area contributed by atoms with Crippen LogP contribution in [-0.2, 0) is 21.4 Å². The van der Waals surface area contributed by atoms with Crippen LogP contribution in [0, 0.1) is 0 Å². The molecule has 3 aromatic rings. The topological polar surface area (TPSA) is 123 Å². The molecule has 4 rings (SSSR count). The lowest BCUT2D eigenvalue weighted by molar-refractivity contribution is -0.142. The van der Waals surface area contributed by atoms with Gasteiger partial charge < -0.3 is 20.5 Å². The van der Waals surface area contributed by atoms with Crippen molar-refractivity contribution >= 4 is 18.0 Å². The maximum atomic E-state index is 13.0. The van der Waals surface area contributed by atoms with E-state index in [-0.39, 0.29) is 18.9 Å². The second-order valence-electron chi connectivity index (χ2n) is 8.54. The fourth-order valence-corrected chi connectivity index (χ4v) is 4.45. The molecule has 0 radical (unpaired) electrons. The lowest BCUT2D eigenvalue weighted by Gasteiger charge is -2.21. The molecule has 35 heavy (non-hydrogen) atoms. The van der Waals surface area contributed by atoms with E-state index in [9.17, 15) is 19.5 Å². The molecule has 2 amide bonds. The predicted molar refractivity (Wildman–Crippen MR) is 129 cm³/mol. The van der Waals surface area contributed by atoms with Crippen molar-refractivity contribution in [3.05, 3.63) is 77.6 Å². The van der Waals surface area contributed by atoms with Gasteiger partial charge in [0.05, 0.1) is 6.20 Å². The van der Waals surface area contributed by atoms with E-state index in [1.165, 1.54) is 10.9 Å². The molecule has 3 N–H and O–H groups in total. The van der Waals surface area contributed by atoms with Gasteiger partial charge in [-0.2, -0.15) is 5.10 Å². The zero-order valence-corrected chi connectivity index (χ0v) is 19.6. The molecule has 9 heteroatoms. The number of amides is 2. The van der Waals surface area contributed by atoms with Gasteiger partial charge in [-0.3, -0.25) is 9.48 Å². The van der Waals surface area contributed by atoms with Crippen LogP contribution in [0.5, 0.6) is 0 Å². The van der Waals surface area contributed by atoms with E-state index < -0.39 is 30.1 Å². The Balaban J connectivity index is 1.48. The molecule has 0 saturated heterocycles. The van der Waals surface area contributed by atoms with Crippen molar-refractivity contribution in [3.8, 4) is 11.1 Å². The van der Waals surface area contributed by atoms with Gasteiger partial charge >= 0.3 is 12.1 Å². The molecule has 0 bridgehead atoms. The maximum Gasteiger partial charge on any atom is 0.408 e. The number of hydrogen-bond donors (Lipinski definition) is 3. The summed E-state index contributed by atoms with van der Waals surface area (Å²) in [5, 5.41) is 18.6. The van der Waals surface area contributed by atoms with Crippen molar-refractivity contribution in [2.45, 2.75) is 37.8 Å². The average Bonchev–Trinajstić information content (AvgIpc) is 3.42. The van der Waals surface area contributed by atoms with E-state index in [1.807, 2.05) is 55.5 Å². The highest BCUT2D eigenvalue weighted by Crippen LogP contribution is 2.44. The average molecular weight is 477 g/mol. The third kappa shape index (κ3) is 5.18. The summed E-state index contributed by atoms with van der Waals surface area (Å²) in [5.74, 6) is -1.90. The molecule has 1 heterocycles. The minimum atomic E-state index is -1.15. The van der Waals surface area contributed by atoms with Gasteiger partial charge in [0.2, 0.25) is 5.91 Å². The molecule has 2 atom stereocenters. The summed E-state index contributed by atoms with van der Waals surface area (Å²) in [4.78, 5) is 37.3. The van der Waals surface area contributed by atoms with Crippen LogP contribution in [0.2, 0.25) is 0 Å². The molecule has 1 aromatic heterocycles. The third-order valence-electron chi connectivity index (χ3n) is 6.12. The number of hydrogen-bond acceptors (Lipinski definition) is 5. The lowest BCUT2D eigenvalue weighted by Crippen LogP contribution is -2.47.